The zero-order valence-corrected chi connectivity index (χ0v) is 10.5. The van der Waals surface area contributed by atoms with Crippen LogP contribution in [0.2, 0.25) is 0 Å². The third-order valence-corrected chi connectivity index (χ3v) is 2.81. The zero-order chi connectivity index (χ0) is 13.8. The van der Waals surface area contributed by atoms with E-state index in [2.05, 4.69) is 4.18 Å². The van der Waals surface area contributed by atoms with Crippen molar-refractivity contribution in [3.63, 3.8) is 0 Å². The molecule has 0 spiro atoms. The Morgan fingerprint density at radius 1 is 1.22 bits per heavy atom. The first kappa shape index (κ1) is 15.0. The van der Waals surface area contributed by atoms with Gasteiger partial charge in [-0.2, -0.15) is 21.6 Å². The van der Waals surface area contributed by atoms with Gasteiger partial charge < -0.3 is 0 Å². The molecule has 0 saturated carbocycles. The molecule has 7 heteroatoms. The smallest absolute Gasteiger partial charge is 0.270 e. The van der Waals surface area contributed by atoms with Gasteiger partial charge in [-0.25, -0.2) is 0 Å². The third kappa shape index (κ3) is 5.05. The fourth-order valence-electron chi connectivity index (χ4n) is 1.49. The second-order valence-electron chi connectivity index (χ2n) is 3.78. The zero-order valence-electron chi connectivity index (χ0n) is 9.70. The Kier molecular flexibility index (Phi) is 4.75. The minimum absolute atomic E-state index is 0.116. The molecule has 3 nitrogen and oxygen atoms in total. The van der Waals surface area contributed by atoms with E-state index < -0.39 is 21.9 Å². The number of rotatable bonds is 5. The van der Waals surface area contributed by atoms with Crippen molar-refractivity contribution in [2.45, 2.75) is 19.0 Å². The van der Waals surface area contributed by atoms with E-state index in [1.54, 1.807) is 0 Å². The summed E-state index contributed by atoms with van der Waals surface area (Å²) >= 11 is 0. The van der Waals surface area contributed by atoms with Crippen LogP contribution in [0.5, 0.6) is 0 Å². The van der Waals surface area contributed by atoms with Crippen LogP contribution >= 0.6 is 0 Å². The van der Waals surface area contributed by atoms with Crippen LogP contribution in [0.1, 0.15) is 17.5 Å². The number of benzene rings is 1. The Morgan fingerprint density at radius 3 is 2.39 bits per heavy atom. The normalized spacial score (nSPS) is 12.7. The van der Waals surface area contributed by atoms with Gasteiger partial charge in [0.15, 0.2) is 0 Å². The van der Waals surface area contributed by atoms with E-state index in [0.29, 0.717) is 0 Å². The standard InChI is InChI=1S/C11H13F3O3S/c1-18(15,16)17-8-4-6-9-5-2-3-7-10(9)11(12,13)14/h2-3,5,7H,4,6,8H2,1H3. The first-order valence-corrected chi connectivity index (χ1v) is 7.01. The van der Waals surface area contributed by atoms with Crippen molar-refractivity contribution in [3.05, 3.63) is 35.4 Å². The summed E-state index contributed by atoms with van der Waals surface area (Å²) in [6, 6.07) is 5.22. The van der Waals surface area contributed by atoms with Crippen molar-refractivity contribution < 1.29 is 25.8 Å². The summed E-state index contributed by atoms with van der Waals surface area (Å²) < 4.78 is 63.7. The van der Waals surface area contributed by atoms with Crippen molar-refractivity contribution in [1.29, 1.82) is 0 Å². The van der Waals surface area contributed by atoms with E-state index in [9.17, 15) is 21.6 Å². The molecule has 102 valence electrons. The van der Waals surface area contributed by atoms with Crippen LogP contribution in [-0.2, 0) is 26.9 Å². The summed E-state index contributed by atoms with van der Waals surface area (Å²) in [5, 5.41) is 0. The molecule has 0 aliphatic heterocycles. The highest BCUT2D eigenvalue weighted by Gasteiger charge is 2.32. The lowest BCUT2D eigenvalue weighted by Gasteiger charge is -2.12. The lowest BCUT2D eigenvalue weighted by Crippen LogP contribution is -2.10. The van der Waals surface area contributed by atoms with Crippen molar-refractivity contribution >= 4 is 10.1 Å². The van der Waals surface area contributed by atoms with Crippen LogP contribution in [0, 0.1) is 0 Å². The molecule has 0 aliphatic rings. The number of alkyl halides is 3. The molecule has 0 unspecified atom stereocenters. The molecular weight excluding hydrogens is 269 g/mol. The van der Waals surface area contributed by atoms with Gasteiger partial charge in [0.05, 0.1) is 18.4 Å². The quantitative estimate of drug-likeness (QED) is 0.616. The molecule has 0 bridgehead atoms. The molecule has 18 heavy (non-hydrogen) atoms. The second-order valence-corrected chi connectivity index (χ2v) is 5.43. The largest absolute Gasteiger partial charge is 0.416 e. The summed E-state index contributed by atoms with van der Waals surface area (Å²) in [5.41, 5.74) is -0.550. The molecule has 0 fully saturated rings. The number of aryl methyl sites for hydroxylation is 1. The maximum absolute atomic E-state index is 12.6. The minimum atomic E-state index is -4.39. The van der Waals surface area contributed by atoms with Crippen LogP contribution < -0.4 is 0 Å². The van der Waals surface area contributed by atoms with Crippen molar-refractivity contribution in [2.24, 2.45) is 0 Å². The van der Waals surface area contributed by atoms with Crippen LogP contribution in [-0.4, -0.2) is 21.3 Å². The summed E-state index contributed by atoms with van der Waals surface area (Å²) in [7, 11) is -3.54. The lowest BCUT2D eigenvalue weighted by atomic mass is 10.0. The van der Waals surface area contributed by atoms with Gasteiger partial charge in [-0.15, -0.1) is 0 Å². The van der Waals surface area contributed by atoms with Gasteiger partial charge in [-0.1, -0.05) is 18.2 Å². The van der Waals surface area contributed by atoms with Gasteiger partial charge in [0.2, 0.25) is 0 Å². The Morgan fingerprint density at radius 2 is 1.83 bits per heavy atom. The topological polar surface area (TPSA) is 43.4 Å². The van der Waals surface area contributed by atoms with Gasteiger partial charge in [0.1, 0.15) is 0 Å². The number of hydrogen-bond donors (Lipinski definition) is 0. The van der Waals surface area contributed by atoms with E-state index >= 15 is 0 Å². The highest BCUT2D eigenvalue weighted by atomic mass is 32.2. The molecule has 1 aromatic carbocycles. The van der Waals surface area contributed by atoms with E-state index in [0.717, 1.165) is 12.3 Å². The average molecular weight is 282 g/mol. The first-order chi connectivity index (χ1) is 8.20. The summed E-state index contributed by atoms with van der Waals surface area (Å²) in [6.07, 6.45) is -3.17. The monoisotopic (exact) mass is 282 g/mol. The maximum Gasteiger partial charge on any atom is 0.416 e. The van der Waals surface area contributed by atoms with Gasteiger partial charge in [0.25, 0.3) is 10.1 Å². The Balaban J connectivity index is 2.63. The third-order valence-electron chi connectivity index (χ3n) is 2.21. The molecule has 0 radical (unpaired) electrons. The van der Waals surface area contributed by atoms with Gasteiger partial charge in [0, 0.05) is 0 Å². The molecule has 0 saturated heterocycles. The van der Waals surface area contributed by atoms with Crippen LogP contribution in [0.25, 0.3) is 0 Å². The summed E-state index contributed by atoms with van der Waals surface area (Å²) in [5.74, 6) is 0. The predicted octanol–water partition coefficient (Wildman–Crippen LogP) is 2.61. The molecule has 0 heterocycles. The SMILES string of the molecule is CS(=O)(=O)OCCCc1ccccc1C(F)(F)F. The second kappa shape index (κ2) is 5.71. The molecule has 0 aromatic heterocycles. The average Bonchev–Trinajstić information content (AvgIpc) is 2.22. The van der Waals surface area contributed by atoms with Crippen molar-refractivity contribution in [2.75, 3.05) is 12.9 Å². The van der Waals surface area contributed by atoms with Gasteiger partial charge >= 0.3 is 6.18 Å². The van der Waals surface area contributed by atoms with E-state index in [-0.39, 0.29) is 25.0 Å². The molecular formula is C11H13F3O3S. The molecule has 0 aliphatic carbocycles. The molecule has 1 rings (SSSR count). The minimum Gasteiger partial charge on any atom is -0.270 e. The number of halogens is 3. The first-order valence-electron chi connectivity index (χ1n) is 5.19. The van der Waals surface area contributed by atoms with E-state index in [4.69, 9.17) is 0 Å². The van der Waals surface area contributed by atoms with E-state index in [1.807, 2.05) is 0 Å². The summed E-state index contributed by atoms with van der Waals surface area (Å²) in [6.45, 7) is -0.120. The Hall–Kier alpha value is -1.08. The molecule has 0 amide bonds. The van der Waals surface area contributed by atoms with E-state index in [1.165, 1.54) is 18.2 Å². The van der Waals surface area contributed by atoms with Gasteiger partial charge in [-0.3, -0.25) is 4.18 Å². The van der Waals surface area contributed by atoms with Crippen molar-refractivity contribution in [3.8, 4) is 0 Å². The highest BCUT2D eigenvalue weighted by molar-refractivity contribution is 7.85. The van der Waals surface area contributed by atoms with Crippen molar-refractivity contribution in [1.82, 2.24) is 0 Å². The fraction of sp³-hybridized carbons (Fsp3) is 0.455. The Bertz CT molecular complexity index is 495. The van der Waals surface area contributed by atoms with Crippen LogP contribution in [0.4, 0.5) is 13.2 Å². The lowest BCUT2D eigenvalue weighted by molar-refractivity contribution is -0.138. The Labute approximate surface area is 104 Å². The highest BCUT2D eigenvalue weighted by Crippen LogP contribution is 2.32. The summed E-state index contributed by atoms with van der Waals surface area (Å²) in [4.78, 5) is 0. The number of hydrogen-bond acceptors (Lipinski definition) is 3. The molecule has 0 atom stereocenters. The maximum atomic E-state index is 12.6. The fourth-order valence-corrected chi connectivity index (χ4v) is 1.91. The van der Waals surface area contributed by atoms with Gasteiger partial charge in [-0.05, 0) is 24.5 Å². The van der Waals surface area contributed by atoms with Crippen LogP contribution in [0.15, 0.2) is 24.3 Å². The molecule has 1 aromatic rings. The predicted molar refractivity (Wildman–Crippen MR) is 60.6 cm³/mol. The molecule has 0 N–H and O–H groups in total. The van der Waals surface area contributed by atoms with Crippen LogP contribution in [0.3, 0.4) is 0 Å².